The van der Waals surface area contributed by atoms with E-state index in [1.54, 1.807) is 24.3 Å². The van der Waals surface area contributed by atoms with Crippen LogP contribution < -0.4 is 5.32 Å². The second-order valence-electron chi connectivity index (χ2n) is 5.46. The lowest BCUT2D eigenvalue weighted by Gasteiger charge is -2.05. The van der Waals surface area contributed by atoms with Gasteiger partial charge in [0.05, 0.1) is 5.75 Å². The largest absolute Gasteiger partial charge is 0.455 e. The van der Waals surface area contributed by atoms with Gasteiger partial charge in [-0.15, -0.1) is 11.3 Å². The van der Waals surface area contributed by atoms with Gasteiger partial charge in [0.25, 0.3) is 5.91 Å². The van der Waals surface area contributed by atoms with Crippen molar-refractivity contribution < 1.29 is 18.8 Å². The molecular formula is C16H16N4O4S2. The second-order valence-corrected chi connectivity index (χ2v) is 7.63. The Hall–Kier alpha value is -2.46. The highest BCUT2D eigenvalue weighted by Crippen LogP contribution is 2.34. The number of thiophene rings is 1. The van der Waals surface area contributed by atoms with E-state index in [1.165, 1.54) is 23.0 Å². The van der Waals surface area contributed by atoms with Crippen molar-refractivity contribution in [3.8, 4) is 0 Å². The summed E-state index contributed by atoms with van der Waals surface area (Å²) in [4.78, 5) is 34.2. The highest BCUT2D eigenvalue weighted by molar-refractivity contribution is 8.00. The Kier molecular flexibility index (Phi) is 5.52. The number of aryl methyl sites for hydroxylation is 3. The molecule has 1 N–H and O–H groups in total. The van der Waals surface area contributed by atoms with Gasteiger partial charge in [0.15, 0.2) is 12.4 Å². The molecule has 136 valence electrons. The summed E-state index contributed by atoms with van der Waals surface area (Å²) in [6.45, 7) is 5.36. The summed E-state index contributed by atoms with van der Waals surface area (Å²) in [5.74, 6) is -0.0757. The van der Waals surface area contributed by atoms with Crippen molar-refractivity contribution in [2.45, 2.75) is 25.8 Å². The molecule has 0 spiro atoms. The van der Waals surface area contributed by atoms with Crippen molar-refractivity contribution in [2.75, 3.05) is 17.7 Å². The highest BCUT2D eigenvalue weighted by atomic mass is 32.2. The van der Waals surface area contributed by atoms with Crippen molar-refractivity contribution in [2.24, 2.45) is 0 Å². The first-order chi connectivity index (χ1) is 12.4. The van der Waals surface area contributed by atoms with Gasteiger partial charge in [0, 0.05) is 16.3 Å². The van der Waals surface area contributed by atoms with E-state index in [2.05, 4.69) is 20.4 Å². The summed E-state index contributed by atoms with van der Waals surface area (Å²) in [6, 6.07) is 1.57. The molecule has 0 aliphatic carbocycles. The first-order valence-electron chi connectivity index (χ1n) is 7.66. The van der Waals surface area contributed by atoms with Crippen molar-refractivity contribution >= 4 is 51.0 Å². The van der Waals surface area contributed by atoms with E-state index in [4.69, 9.17) is 9.26 Å². The van der Waals surface area contributed by atoms with Gasteiger partial charge in [-0.25, -0.2) is 9.97 Å². The number of ether oxygens (including phenoxy) is 1. The number of fused-ring (bicyclic) bond motifs is 1. The molecule has 0 saturated heterocycles. The second kappa shape index (κ2) is 7.83. The van der Waals surface area contributed by atoms with Gasteiger partial charge in [-0.05, 0) is 26.3 Å². The normalized spacial score (nSPS) is 10.9. The van der Waals surface area contributed by atoms with Crippen LogP contribution in [-0.2, 0) is 14.3 Å². The van der Waals surface area contributed by atoms with Crippen LogP contribution in [0.2, 0.25) is 0 Å². The molecule has 0 unspecified atom stereocenters. The van der Waals surface area contributed by atoms with Crippen LogP contribution in [0.3, 0.4) is 0 Å². The number of rotatable bonds is 6. The minimum Gasteiger partial charge on any atom is -0.455 e. The lowest BCUT2D eigenvalue weighted by molar-refractivity contribution is -0.144. The lowest BCUT2D eigenvalue weighted by Crippen LogP contribution is -2.21. The van der Waals surface area contributed by atoms with Crippen LogP contribution >= 0.6 is 23.1 Å². The molecule has 0 saturated carbocycles. The molecule has 0 atom stereocenters. The number of nitrogens with zero attached hydrogens (tertiary/aromatic N) is 3. The average molecular weight is 392 g/mol. The van der Waals surface area contributed by atoms with Crippen LogP contribution in [0.1, 0.15) is 16.2 Å². The van der Waals surface area contributed by atoms with E-state index in [1.807, 2.05) is 13.8 Å². The third-order valence-corrected chi connectivity index (χ3v) is 5.60. The zero-order valence-electron chi connectivity index (χ0n) is 14.4. The maximum Gasteiger partial charge on any atom is 0.316 e. The minimum absolute atomic E-state index is 0.0524. The monoisotopic (exact) mass is 392 g/mol. The Bertz CT molecular complexity index is 966. The van der Waals surface area contributed by atoms with Crippen LogP contribution in [0.15, 0.2) is 21.9 Å². The predicted molar refractivity (Wildman–Crippen MR) is 98.4 cm³/mol. The number of esters is 1. The Morgan fingerprint density at radius 1 is 1.31 bits per heavy atom. The predicted octanol–water partition coefficient (Wildman–Crippen LogP) is 2.88. The quantitative estimate of drug-likeness (QED) is 0.388. The zero-order valence-corrected chi connectivity index (χ0v) is 16.0. The van der Waals surface area contributed by atoms with E-state index >= 15 is 0 Å². The summed E-state index contributed by atoms with van der Waals surface area (Å²) < 4.78 is 9.82. The first-order valence-corrected chi connectivity index (χ1v) is 9.46. The van der Waals surface area contributed by atoms with E-state index in [-0.39, 0.29) is 18.2 Å². The van der Waals surface area contributed by atoms with E-state index < -0.39 is 11.9 Å². The van der Waals surface area contributed by atoms with Crippen molar-refractivity contribution in [1.82, 2.24) is 15.1 Å². The van der Waals surface area contributed by atoms with Crippen molar-refractivity contribution in [3.05, 3.63) is 28.6 Å². The number of nitrogens with one attached hydrogen (secondary N) is 1. The third-order valence-electron chi connectivity index (χ3n) is 3.52. The maximum atomic E-state index is 11.9. The first kappa shape index (κ1) is 18.3. The van der Waals surface area contributed by atoms with Crippen molar-refractivity contribution in [1.29, 1.82) is 0 Å². The fourth-order valence-corrected chi connectivity index (χ4v) is 4.09. The minimum atomic E-state index is -0.502. The van der Waals surface area contributed by atoms with Gasteiger partial charge in [-0.3, -0.25) is 9.59 Å². The van der Waals surface area contributed by atoms with Crippen LogP contribution in [-0.4, -0.2) is 39.4 Å². The SMILES string of the molecule is Cc1cc(NC(=O)COC(=O)CSc2ncnc3sc(C)c(C)c23)no1. The maximum absolute atomic E-state index is 11.9. The number of aromatic nitrogens is 3. The lowest BCUT2D eigenvalue weighted by atomic mass is 10.2. The fraction of sp³-hybridized carbons (Fsp3) is 0.312. The molecule has 1 amide bonds. The van der Waals surface area contributed by atoms with Gasteiger partial charge in [-0.1, -0.05) is 16.9 Å². The molecule has 3 aromatic rings. The van der Waals surface area contributed by atoms with Gasteiger partial charge in [-0.2, -0.15) is 0 Å². The Balaban J connectivity index is 1.52. The number of hydrogen-bond donors (Lipinski definition) is 1. The molecule has 8 nitrogen and oxygen atoms in total. The molecule has 0 aromatic carbocycles. The number of carbonyl (C=O) groups is 2. The number of amides is 1. The van der Waals surface area contributed by atoms with Crippen LogP contribution in [0.4, 0.5) is 5.82 Å². The third kappa shape index (κ3) is 4.20. The topological polar surface area (TPSA) is 107 Å². The molecule has 0 fully saturated rings. The number of anilines is 1. The van der Waals surface area contributed by atoms with Crippen LogP contribution in [0.5, 0.6) is 0 Å². The molecule has 0 aliphatic heterocycles. The summed E-state index contributed by atoms with van der Waals surface area (Å²) in [6.07, 6.45) is 1.48. The molecule has 0 aliphatic rings. The van der Waals surface area contributed by atoms with Gasteiger partial charge in [0.1, 0.15) is 21.9 Å². The van der Waals surface area contributed by atoms with E-state index in [0.717, 1.165) is 20.8 Å². The summed E-state index contributed by atoms with van der Waals surface area (Å²) >= 11 is 2.86. The number of carbonyl (C=O) groups excluding carboxylic acids is 2. The molecule has 3 rings (SSSR count). The Labute approximate surface area is 157 Å². The van der Waals surface area contributed by atoms with Gasteiger partial charge < -0.3 is 14.6 Å². The Morgan fingerprint density at radius 3 is 2.85 bits per heavy atom. The van der Waals surface area contributed by atoms with Crippen LogP contribution in [0, 0.1) is 20.8 Å². The van der Waals surface area contributed by atoms with Crippen molar-refractivity contribution in [3.63, 3.8) is 0 Å². The number of hydrogen-bond acceptors (Lipinski definition) is 9. The molecule has 3 aromatic heterocycles. The smallest absolute Gasteiger partial charge is 0.316 e. The molecular weight excluding hydrogens is 376 g/mol. The van der Waals surface area contributed by atoms with E-state index in [9.17, 15) is 9.59 Å². The zero-order chi connectivity index (χ0) is 18.7. The Morgan fingerprint density at radius 2 is 2.12 bits per heavy atom. The van der Waals surface area contributed by atoms with Gasteiger partial charge in [0.2, 0.25) is 0 Å². The summed E-state index contributed by atoms with van der Waals surface area (Å²) in [5.41, 5.74) is 1.11. The molecule has 26 heavy (non-hydrogen) atoms. The molecule has 10 heteroatoms. The molecule has 0 bridgehead atoms. The standard InChI is InChI=1S/C16H16N4O4S2/c1-8-4-11(20-24-8)19-12(21)5-23-13(22)6-25-15-14-9(2)10(3)26-16(14)18-7-17-15/h4,7H,5-6H2,1-3H3,(H,19,20,21). The fourth-order valence-electron chi connectivity index (χ4n) is 2.18. The average Bonchev–Trinajstić information content (AvgIpc) is 3.14. The van der Waals surface area contributed by atoms with E-state index in [0.29, 0.717) is 5.76 Å². The summed E-state index contributed by atoms with van der Waals surface area (Å²) in [5, 5.41) is 7.81. The summed E-state index contributed by atoms with van der Waals surface area (Å²) in [7, 11) is 0. The van der Waals surface area contributed by atoms with Crippen LogP contribution in [0.25, 0.3) is 10.2 Å². The highest BCUT2D eigenvalue weighted by Gasteiger charge is 2.15. The number of thioether (sulfide) groups is 1. The molecule has 0 radical (unpaired) electrons. The molecule has 3 heterocycles. The van der Waals surface area contributed by atoms with Gasteiger partial charge >= 0.3 is 5.97 Å².